The minimum atomic E-state index is 0.206. The van der Waals surface area contributed by atoms with E-state index in [1.54, 1.807) is 6.20 Å². The first kappa shape index (κ1) is 13.5. The van der Waals surface area contributed by atoms with Crippen LogP contribution in [-0.4, -0.2) is 4.98 Å². The van der Waals surface area contributed by atoms with E-state index in [2.05, 4.69) is 39.2 Å². The predicted molar refractivity (Wildman–Crippen MR) is 78.6 cm³/mol. The van der Waals surface area contributed by atoms with Gasteiger partial charge in [0, 0.05) is 34.5 Å². The van der Waals surface area contributed by atoms with Crippen LogP contribution in [0.1, 0.15) is 24.1 Å². The van der Waals surface area contributed by atoms with Gasteiger partial charge in [0.2, 0.25) is 0 Å². The van der Waals surface area contributed by atoms with Crippen molar-refractivity contribution < 1.29 is 0 Å². The Hall–Kier alpha value is -0.900. The first-order valence-electron chi connectivity index (χ1n) is 5.74. The van der Waals surface area contributed by atoms with Crippen molar-refractivity contribution in [3.63, 3.8) is 0 Å². The first-order chi connectivity index (χ1) is 8.66. The van der Waals surface area contributed by atoms with Crippen molar-refractivity contribution in [3.8, 4) is 0 Å². The lowest BCUT2D eigenvalue weighted by atomic mass is 10.1. The molecule has 0 saturated heterocycles. The van der Waals surface area contributed by atoms with Crippen molar-refractivity contribution in [2.24, 2.45) is 0 Å². The molecule has 0 saturated carbocycles. The Bertz CT molecular complexity index is 531. The van der Waals surface area contributed by atoms with E-state index in [1.807, 2.05) is 30.5 Å². The van der Waals surface area contributed by atoms with Crippen molar-refractivity contribution >= 4 is 27.5 Å². The molecular weight excluding hydrogens is 312 g/mol. The van der Waals surface area contributed by atoms with E-state index in [9.17, 15) is 0 Å². The minimum absolute atomic E-state index is 0.206. The van der Waals surface area contributed by atoms with Gasteiger partial charge in [0.05, 0.1) is 0 Å². The molecule has 0 bridgehead atoms. The highest BCUT2D eigenvalue weighted by molar-refractivity contribution is 9.10. The Morgan fingerprint density at radius 2 is 2.11 bits per heavy atom. The molecule has 0 aliphatic carbocycles. The number of aromatic nitrogens is 1. The van der Waals surface area contributed by atoms with Gasteiger partial charge in [-0.1, -0.05) is 29.8 Å². The molecule has 2 aromatic rings. The molecule has 0 radical (unpaired) electrons. The van der Waals surface area contributed by atoms with Crippen LogP contribution in [0.4, 0.5) is 0 Å². The standard InChI is InChI=1S/C14H14BrClN2/c1-10(13-4-2-3-5-14(13)16)18-8-11-6-12(15)9-17-7-11/h2-7,9-10,18H,8H2,1H3. The van der Waals surface area contributed by atoms with Gasteiger partial charge in [-0.2, -0.15) is 0 Å². The minimum Gasteiger partial charge on any atom is -0.306 e. The van der Waals surface area contributed by atoms with E-state index in [0.717, 1.165) is 27.2 Å². The monoisotopic (exact) mass is 324 g/mol. The quantitative estimate of drug-likeness (QED) is 0.904. The topological polar surface area (TPSA) is 24.9 Å². The fourth-order valence-electron chi connectivity index (χ4n) is 1.76. The highest BCUT2D eigenvalue weighted by Gasteiger charge is 2.08. The molecule has 1 atom stereocenters. The predicted octanol–water partition coefficient (Wildman–Crippen LogP) is 4.35. The molecule has 0 fully saturated rings. The van der Waals surface area contributed by atoms with Gasteiger partial charge in [-0.05, 0) is 46.1 Å². The van der Waals surface area contributed by atoms with Crippen LogP contribution in [0.15, 0.2) is 47.2 Å². The molecule has 18 heavy (non-hydrogen) atoms. The normalized spacial score (nSPS) is 12.4. The Labute approximate surface area is 121 Å². The summed E-state index contributed by atoms with van der Waals surface area (Å²) in [5, 5.41) is 4.23. The van der Waals surface area contributed by atoms with Crippen LogP contribution in [0.25, 0.3) is 0 Å². The highest BCUT2D eigenvalue weighted by Crippen LogP contribution is 2.22. The van der Waals surface area contributed by atoms with E-state index in [1.165, 1.54) is 0 Å². The Morgan fingerprint density at radius 3 is 2.83 bits per heavy atom. The van der Waals surface area contributed by atoms with Crippen LogP contribution >= 0.6 is 27.5 Å². The number of pyridine rings is 1. The molecular formula is C14H14BrClN2. The van der Waals surface area contributed by atoms with Crippen LogP contribution in [0.3, 0.4) is 0 Å². The molecule has 0 aliphatic heterocycles. The van der Waals surface area contributed by atoms with E-state index in [4.69, 9.17) is 11.6 Å². The summed E-state index contributed by atoms with van der Waals surface area (Å²) in [7, 11) is 0. The molecule has 94 valence electrons. The van der Waals surface area contributed by atoms with Crippen LogP contribution in [0, 0.1) is 0 Å². The maximum Gasteiger partial charge on any atom is 0.0453 e. The van der Waals surface area contributed by atoms with Gasteiger partial charge < -0.3 is 5.32 Å². The number of benzene rings is 1. The van der Waals surface area contributed by atoms with Crippen molar-refractivity contribution in [2.45, 2.75) is 19.5 Å². The van der Waals surface area contributed by atoms with Crippen molar-refractivity contribution in [2.75, 3.05) is 0 Å². The zero-order chi connectivity index (χ0) is 13.0. The summed E-state index contributed by atoms with van der Waals surface area (Å²) in [4.78, 5) is 4.14. The molecule has 1 aromatic carbocycles. The van der Waals surface area contributed by atoms with Crippen LogP contribution in [0.2, 0.25) is 5.02 Å². The van der Waals surface area contributed by atoms with Crippen molar-refractivity contribution in [3.05, 3.63) is 63.3 Å². The van der Waals surface area contributed by atoms with E-state index in [-0.39, 0.29) is 6.04 Å². The lowest BCUT2D eigenvalue weighted by molar-refractivity contribution is 0.574. The molecule has 1 heterocycles. The summed E-state index contributed by atoms with van der Waals surface area (Å²) in [6.07, 6.45) is 3.64. The molecule has 1 aromatic heterocycles. The van der Waals surface area contributed by atoms with Gasteiger partial charge in [0.15, 0.2) is 0 Å². The second kappa shape index (κ2) is 6.32. The SMILES string of the molecule is CC(NCc1cncc(Br)c1)c1ccccc1Cl. The Kier molecular flexibility index (Phi) is 4.75. The summed E-state index contributed by atoms with van der Waals surface area (Å²) >= 11 is 9.58. The maximum atomic E-state index is 6.17. The van der Waals surface area contributed by atoms with Gasteiger partial charge in [-0.3, -0.25) is 4.98 Å². The number of hydrogen-bond donors (Lipinski definition) is 1. The second-order valence-corrected chi connectivity index (χ2v) is 5.46. The van der Waals surface area contributed by atoms with Crippen molar-refractivity contribution in [1.29, 1.82) is 0 Å². The van der Waals surface area contributed by atoms with Crippen molar-refractivity contribution in [1.82, 2.24) is 10.3 Å². The average molecular weight is 326 g/mol. The average Bonchev–Trinajstić information content (AvgIpc) is 2.37. The molecule has 1 N–H and O–H groups in total. The number of nitrogens with zero attached hydrogens (tertiary/aromatic N) is 1. The van der Waals surface area contributed by atoms with Gasteiger partial charge in [0.1, 0.15) is 0 Å². The third-order valence-corrected chi connectivity index (χ3v) is 3.52. The first-order valence-corrected chi connectivity index (χ1v) is 6.91. The van der Waals surface area contributed by atoms with Gasteiger partial charge in [-0.15, -0.1) is 0 Å². The van der Waals surface area contributed by atoms with E-state index >= 15 is 0 Å². The largest absolute Gasteiger partial charge is 0.306 e. The number of rotatable bonds is 4. The summed E-state index contributed by atoms with van der Waals surface area (Å²) in [5.41, 5.74) is 2.26. The fraction of sp³-hybridized carbons (Fsp3) is 0.214. The van der Waals surface area contributed by atoms with E-state index < -0.39 is 0 Å². The molecule has 0 spiro atoms. The molecule has 0 aliphatic rings. The van der Waals surface area contributed by atoms with Crippen LogP contribution in [0.5, 0.6) is 0 Å². The smallest absolute Gasteiger partial charge is 0.0453 e. The lowest BCUT2D eigenvalue weighted by Crippen LogP contribution is -2.18. The van der Waals surface area contributed by atoms with Gasteiger partial charge in [-0.25, -0.2) is 0 Å². The molecule has 0 amide bonds. The second-order valence-electron chi connectivity index (χ2n) is 4.14. The maximum absolute atomic E-state index is 6.17. The van der Waals surface area contributed by atoms with Crippen LogP contribution < -0.4 is 5.32 Å². The zero-order valence-corrected chi connectivity index (χ0v) is 12.4. The third kappa shape index (κ3) is 3.55. The third-order valence-electron chi connectivity index (χ3n) is 2.75. The molecule has 2 nitrogen and oxygen atoms in total. The summed E-state index contributed by atoms with van der Waals surface area (Å²) < 4.78 is 0.993. The summed E-state index contributed by atoms with van der Waals surface area (Å²) in [5.74, 6) is 0. The number of nitrogens with one attached hydrogen (secondary N) is 1. The van der Waals surface area contributed by atoms with Gasteiger partial charge in [0.25, 0.3) is 0 Å². The molecule has 2 rings (SSSR count). The summed E-state index contributed by atoms with van der Waals surface area (Å²) in [6.45, 7) is 2.87. The number of hydrogen-bond acceptors (Lipinski definition) is 2. The number of halogens is 2. The summed E-state index contributed by atoms with van der Waals surface area (Å²) in [6, 6.07) is 10.2. The zero-order valence-electron chi connectivity index (χ0n) is 10.0. The Morgan fingerprint density at radius 1 is 1.33 bits per heavy atom. The van der Waals surface area contributed by atoms with E-state index in [0.29, 0.717) is 0 Å². The highest BCUT2D eigenvalue weighted by atomic mass is 79.9. The lowest BCUT2D eigenvalue weighted by Gasteiger charge is -2.15. The molecule has 1 unspecified atom stereocenters. The van der Waals surface area contributed by atoms with Gasteiger partial charge >= 0.3 is 0 Å². The van der Waals surface area contributed by atoms with Crippen LogP contribution in [-0.2, 0) is 6.54 Å². The fourth-order valence-corrected chi connectivity index (χ4v) is 2.47. The Balaban J connectivity index is 2.00. The molecule has 4 heteroatoms.